The van der Waals surface area contributed by atoms with Gasteiger partial charge in [-0.1, -0.05) is 24.3 Å². The highest BCUT2D eigenvalue weighted by Gasteiger charge is 2.18. The van der Waals surface area contributed by atoms with Crippen LogP contribution in [0.5, 0.6) is 0 Å². The molecule has 0 heterocycles. The third-order valence-electron chi connectivity index (χ3n) is 2.21. The van der Waals surface area contributed by atoms with Gasteiger partial charge in [0.15, 0.2) is 0 Å². The SMILES string of the molecule is C=CCN(CC(=O)OC(C)(C)C)c1ccccc1. The van der Waals surface area contributed by atoms with Crippen molar-refractivity contribution < 1.29 is 9.53 Å². The molecule has 0 amide bonds. The predicted octanol–water partition coefficient (Wildman–Crippen LogP) is 3.02. The average molecular weight is 247 g/mol. The molecule has 1 aromatic rings. The number of carbonyl (C=O) groups is 1. The molecule has 0 fully saturated rings. The zero-order valence-corrected chi connectivity index (χ0v) is 11.3. The van der Waals surface area contributed by atoms with Gasteiger partial charge in [0.1, 0.15) is 12.1 Å². The smallest absolute Gasteiger partial charge is 0.326 e. The molecule has 0 saturated heterocycles. The van der Waals surface area contributed by atoms with Crippen LogP contribution >= 0.6 is 0 Å². The van der Waals surface area contributed by atoms with E-state index in [1.165, 1.54) is 0 Å². The predicted molar refractivity (Wildman–Crippen MR) is 74.7 cm³/mol. The Morgan fingerprint density at radius 2 is 1.94 bits per heavy atom. The largest absolute Gasteiger partial charge is 0.459 e. The van der Waals surface area contributed by atoms with E-state index in [1.807, 2.05) is 56.0 Å². The maximum atomic E-state index is 11.8. The van der Waals surface area contributed by atoms with Crippen LogP contribution in [-0.2, 0) is 9.53 Å². The van der Waals surface area contributed by atoms with Crippen molar-refractivity contribution >= 4 is 11.7 Å². The summed E-state index contributed by atoms with van der Waals surface area (Å²) in [5.74, 6) is -0.229. The van der Waals surface area contributed by atoms with Crippen molar-refractivity contribution in [1.82, 2.24) is 0 Å². The molecule has 0 unspecified atom stereocenters. The summed E-state index contributed by atoms with van der Waals surface area (Å²) in [5.41, 5.74) is 0.538. The van der Waals surface area contributed by atoms with Gasteiger partial charge >= 0.3 is 5.97 Å². The lowest BCUT2D eigenvalue weighted by molar-refractivity contribution is -0.152. The second-order valence-electron chi connectivity index (χ2n) is 5.09. The molecule has 98 valence electrons. The van der Waals surface area contributed by atoms with Gasteiger partial charge in [-0.05, 0) is 32.9 Å². The molecular weight excluding hydrogens is 226 g/mol. The number of carbonyl (C=O) groups excluding carboxylic acids is 1. The van der Waals surface area contributed by atoms with Gasteiger partial charge in [0.25, 0.3) is 0 Å². The van der Waals surface area contributed by atoms with Gasteiger partial charge in [0, 0.05) is 12.2 Å². The van der Waals surface area contributed by atoms with Gasteiger partial charge in [-0.25, -0.2) is 0 Å². The topological polar surface area (TPSA) is 29.5 Å². The van der Waals surface area contributed by atoms with E-state index in [9.17, 15) is 4.79 Å². The van der Waals surface area contributed by atoms with Crippen LogP contribution in [0.1, 0.15) is 20.8 Å². The van der Waals surface area contributed by atoms with Crippen molar-refractivity contribution in [1.29, 1.82) is 0 Å². The van der Waals surface area contributed by atoms with Crippen molar-refractivity contribution in [3.63, 3.8) is 0 Å². The zero-order chi connectivity index (χ0) is 13.6. The highest BCUT2D eigenvalue weighted by molar-refractivity contribution is 5.76. The third kappa shape index (κ3) is 5.04. The molecule has 3 nitrogen and oxygen atoms in total. The van der Waals surface area contributed by atoms with Crippen molar-refractivity contribution in [2.24, 2.45) is 0 Å². The third-order valence-corrected chi connectivity index (χ3v) is 2.21. The number of para-hydroxylation sites is 1. The van der Waals surface area contributed by atoms with Crippen LogP contribution < -0.4 is 4.90 Å². The molecule has 0 aliphatic rings. The quantitative estimate of drug-likeness (QED) is 0.591. The Morgan fingerprint density at radius 3 is 2.44 bits per heavy atom. The Bertz CT molecular complexity index is 393. The lowest BCUT2D eigenvalue weighted by Gasteiger charge is -2.25. The number of ether oxygens (including phenoxy) is 1. The summed E-state index contributed by atoms with van der Waals surface area (Å²) in [5, 5.41) is 0. The lowest BCUT2D eigenvalue weighted by Crippen LogP contribution is -2.35. The van der Waals surface area contributed by atoms with Gasteiger partial charge in [0.2, 0.25) is 0 Å². The molecule has 0 bridgehead atoms. The first-order chi connectivity index (χ1) is 8.42. The maximum absolute atomic E-state index is 11.8. The molecule has 1 rings (SSSR count). The Kier molecular flexibility index (Phi) is 4.95. The number of benzene rings is 1. The Balaban J connectivity index is 2.70. The standard InChI is InChI=1S/C15H21NO2/c1-5-11-16(13-9-7-6-8-10-13)12-14(17)18-15(2,3)4/h5-10H,1,11-12H2,2-4H3. The summed E-state index contributed by atoms with van der Waals surface area (Å²) in [6, 6.07) is 9.77. The van der Waals surface area contributed by atoms with E-state index in [0.29, 0.717) is 6.54 Å². The van der Waals surface area contributed by atoms with Crippen LogP contribution in [0, 0.1) is 0 Å². The minimum Gasteiger partial charge on any atom is -0.459 e. The van der Waals surface area contributed by atoms with Gasteiger partial charge in [-0.2, -0.15) is 0 Å². The van der Waals surface area contributed by atoms with E-state index in [1.54, 1.807) is 6.08 Å². The number of esters is 1. The minimum absolute atomic E-state index is 0.229. The maximum Gasteiger partial charge on any atom is 0.326 e. The summed E-state index contributed by atoms with van der Waals surface area (Å²) in [6.07, 6.45) is 1.78. The number of rotatable bonds is 5. The molecule has 0 spiro atoms. The number of hydrogen-bond donors (Lipinski definition) is 0. The molecular formula is C15H21NO2. The van der Waals surface area contributed by atoms with Gasteiger partial charge in [-0.15, -0.1) is 6.58 Å². The molecule has 1 aromatic carbocycles. The van der Waals surface area contributed by atoms with Gasteiger partial charge in [0.05, 0.1) is 0 Å². The van der Waals surface area contributed by atoms with Gasteiger partial charge < -0.3 is 9.64 Å². The molecule has 0 atom stereocenters. The fourth-order valence-corrected chi connectivity index (χ4v) is 1.59. The molecule has 0 aliphatic heterocycles. The second kappa shape index (κ2) is 6.24. The molecule has 0 aliphatic carbocycles. The first-order valence-corrected chi connectivity index (χ1v) is 6.05. The molecule has 0 saturated carbocycles. The van der Waals surface area contributed by atoms with E-state index in [-0.39, 0.29) is 12.5 Å². The Morgan fingerprint density at radius 1 is 1.33 bits per heavy atom. The summed E-state index contributed by atoms with van der Waals surface area (Å²) in [4.78, 5) is 13.8. The molecule has 18 heavy (non-hydrogen) atoms. The Labute approximate surface area is 109 Å². The first-order valence-electron chi connectivity index (χ1n) is 6.05. The van der Waals surface area contributed by atoms with E-state index in [4.69, 9.17) is 4.74 Å². The van der Waals surface area contributed by atoms with E-state index in [0.717, 1.165) is 5.69 Å². The second-order valence-corrected chi connectivity index (χ2v) is 5.09. The van der Waals surface area contributed by atoms with Crippen molar-refractivity contribution in [3.8, 4) is 0 Å². The highest BCUT2D eigenvalue weighted by atomic mass is 16.6. The highest BCUT2D eigenvalue weighted by Crippen LogP contribution is 2.14. The van der Waals surface area contributed by atoms with Crippen LogP contribution in [-0.4, -0.2) is 24.7 Å². The number of hydrogen-bond acceptors (Lipinski definition) is 3. The lowest BCUT2D eigenvalue weighted by atomic mass is 10.2. The van der Waals surface area contributed by atoms with E-state index >= 15 is 0 Å². The van der Waals surface area contributed by atoms with Crippen LogP contribution in [0.25, 0.3) is 0 Å². The van der Waals surface area contributed by atoms with Gasteiger partial charge in [-0.3, -0.25) is 4.79 Å². The zero-order valence-electron chi connectivity index (χ0n) is 11.3. The summed E-state index contributed by atoms with van der Waals surface area (Å²) in [7, 11) is 0. The molecule has 0 radical (unpaired) electrons. The fourth-order valence-electron chi connectivity index (χ4n) is 1.59. The van der Waals surface area contributed by atoms with Crippen LogP contribution in [0.2, 0.25) is 0 Å². The molecule has 0 N–H and O–H groups in total. The fraction of sp³-hybridized carbons (Fsp3) is 0.400. The van der Waals surface area contributed by atoms with Crippen LogP contribution in [0.15, 0.2) is 43.0 Å². The summed E-state index contributed by atoms with van der Waals surface area (Å²) >= 11 is 0. The minimum atomic E-state index is -0.451. The van der Waals surface area contributed by atoms with Crippen molar-refractivity contribution in [2.75, 3.05) is 18.0 Å². The van der Waals surface area contributed by atoms with E-state index in [2.05, 4.69) is 6.58 Å². The van der Waals surface area contributed by atoms with E-state index < -0.39 is 5.60 Å². The normalized spacial score (nSPS) is 10.8. The number of anilines is 1. The van der Waals surface area contributed by atoms with Crippen LogP contribution in [0.4, 0.5) is 5.69 Å². The average Bonchev–Trinajstić information content (AvgIpc) is 2.27. The van der Waals surface area contributed by atoms with Crippen LogP contribution in [0.3, 0.4) is 0 Å². The van der Waals surface area contributed by atoms with Crippen molar-refractivity contribution in [3.05, 3.63) is 43.0 Å². The molecule has 3 heteroatoms. The molecule has 0 aromatic heterocycles. The number of nitrogens with zero attached hydrogens (tertiary/aromatic N) is 1. The summed E-state index contributed by atoms with van der Waals surface area (Å²) in [6.45, 7) is 10.2. The monoisotopic (exact) mass is 247 g/mol. The summed E-state index contributed by atoms with van der Waals surface area (Å²) < 4.78 is 5.32. The Hall–Kier alpha value is -1.77. The first kappa shape index (κ1) is 14.3. The van der Waals surface area contributed by atoms with Crippen molar-refractivity contribution in [2.45, 2.75) is 26.4 Å².